The van der Waals surface area contributed by atoms with Crippen molar-refractivity contribution in [3.8, 4) is 10.7 Å². The fraction of sp³-hybridized carbons (Fsp3) is 0.588. The van der Waals surface area contributed by atoms with Gasteiger partial charge in [0, 0.05) is 32.2 Å². The molecule has 1 saturated heterocycles. The highest BCUT2D eigenvalue weighted by Crippen LogP contribution is 2.22. The molecule has 25 heavy (non-hydrogen) atoms. The van der Waals surface area contributed by atoms with Gasteiger partial charge < -0.3 is 9.84 Å². The maximum absolute atomic E-state index is 12.2. The summed E-state index contributed by atoms with van der Waals surface area (Å²) in [5.74, 6) is 1.47. The largest absolute Gasteiger partial charge is 0.352 e. The van der Waals surface area contributed by atoms with Crippen LogP contribution in [0.3, 0.4) is 0 Å². The molecule has 2 aromatic rings. The summed E-state index contributed by atoms with van der Waals surface area (Å²) in [4.78, 5) is 22.2. The predicted octanol–water partition coefficient (Wildman–Crippen LogP) is 1.58. The van der Waals surface area contributed by atoms with Gasteiger partial charge in [-0.05, 0) is 31.2 Å². The van der Waals surface area contributed by atoms with Gasteiger partial charge in [0.25, 0.3) is 0 Å². The van der Waals surface area contributed by atoms with E-state index < -0.39 is 0 Å². The van der Waals surface area contributed by atoms with Crippen LogP contribution in [0.4, 0.5) is 0 Å². The summed E-state index contributed by atoms with van der Waals surface area (Å²) in [6.07, 6.45) is 2.26. The van der Waals surface area contributed by atoms with Crippen LogP contribution in [0.15, 0.2) is 22.0 Å². The molecule has 1 N–H and O–H groups in total. The highest BCUT2D eigenvalue weighted by atomic mass is 32.1. The second kappa shape index (κ2) is 7.23. The minimum atomic E-state index is -0.0587. The SMILES string of the molecule is CC(C(=O)NC1CC1)N1CCN(Cc2nc(-c3cccs3)no2)CC1. The average Bonchev–Trinajstić information content (AvgIpc) is 3.10. The Hall–Kier alpha value is -1.77. The van der Waals surface area contributed by atoms with Crippen LogP contribution >= 0.6 is 11.3 Å². The molecule has 3 heterocycles. The molecule has 2 aliphatic rings. The fourth-order valence-corrected chi connectivity index (χ4v) is 3.69. The summed E-state index contributed by atoms with van der Waals surface area (Å²) in [7, 11) is 0. The fourth-order valence-electron chi connectivity index (χ4n) is 3.04. The van der Waals surface area contributed by atoms with Crippen LogP contribution in [-0.4, -0.2) is 64.1 Å². The van der Waals surface area contributed by atoms with Gasteiger partial charge in [0.15, 0.2) is 0 Å². The number of nitrogens with zero attached hydrogens (tertiary/aromatic N) is 4. The zero-order valence-electron chi connectivity index (χ0n) is 14.4. The molecule has 0 bridgehead atoms. The lowest BCUT2D eigenvalue weighted by Gasteiger charge is -2.36. The summed E-state index contributed by atoms with van der Waals surface area (Å²) in [5, 5.41) is 9.15. The number of hydrogen-bond donors (Lipinski definition) is 1. The van der Waals surface area contributed by atoms with Gasteiger partial charge in [-0.25, -0.2) is 0 Å². The Morgan fingerprint density at radius 3 is 2.88 bits per heavy atom. The molecule has 1 saturated carbocycles. The van der Waals surface area contributed by atoms with Gasteiger partial charge in [-0.2, -0.15) is 4.98 Å². The van der Waals surface area contributed by atoms with E-state index in [1.165, 1.54) is 0 Å². The summed E-state index contributed by atoms with van der Waals surface area (Å²) in [6, 6.07) is 4.34. The monoisotopic (exact) mass is 361 g/mol. The minimum absolute atomic E-state index is 0.0587. The van der Waals surface area contributed by atoms with Crippen molar-refractivity contribution in [2.24, 2.45) is 0 Å². The van der Waals surface area contributed by atoms with Crippen LogP contribution in [0.5, 0.6) is 0 Å². The van der Waals surface area contributed by atoms with Crippen molar-refractivity contribution in [1.82, 2.24) is 25.3 Å². The quantitative estimate of drug-likeness (QED) is 0.842. The Morgan fingerprint density at radius 2 is 2.20 bits per heavy atom. The van der Waals surface area contributed by atoms with E-state index in [2.05, 4.69) is 25.3 Å². The third-order valence-corrected chi connectivity index (χ3v) is 5.69. The van der Waals surface area contributed by atoms with Crippen molar-refractivity contribution in [1.29, 1.82) is 0 Å². The molecule has 8 heteroatoms. The Morgan fingerprint density at radius 1 is 1.40 bits per heavy atom. The molecular formula is C17H23N5O2S. The van der Waals surface area contributed by atoms with E-state index in [-0.39, 0.29) is 11.9 Å². The number of rotatable bonds is 6. The summed E-state index contributed by atoms with van der Waals surface area (Å²) >= 11 is 1.61. The summed E-state index contributed by atoms with van der Waals surface area (Å²) < 4.78 is 5.38. The molecule has 0 radical (unpaired) electrons. The van der Waals surface area contributed by atoms with Gasteiger partial charge in [-0.1, -0.05) is 11.2 Å². The smallest absolute Gasteiger partial charge is 0.241 e. The zero-order chi connectivity index (χ0) is 17.2. The first kappa shape index (κ1) is 16.7. The molecule has 1 aliphatic heterocycles. The van der Waals surface area contributed by atoms with Crippen molar-refractivity contribution >= 4 is 17.2 Å². The van der Waals surface area contributed by atoms with E-state index in [0.717, 1.165) is 43.9 Å². The maximum atomic E-state index is 12.2. The number of carbonyl (C=O) groups excluding carboxylic acids is 1. The molecule has 7 nitrogen and oxygen atoms in total. The highest BCUT2D eigenvalue weighted by Gasteiger charge is 2.30. The van der Waals surface area contributed by atoms with Crippen LogP contribution in [-0.2, 0) is 11.3 Å². The highest BCUT2D eigenvalue weighted by molar-refractivity contribution is 7.13. The van der Waals surface area contributed by atoms with Crippen LogP contribution in [0.2, 0.25) is 0 Å². The zero-order valence-corrected chi connectivity index (χ0v) is 15.2. The number of carbonyl (C=O) groups is 1. The van der Waals surface area contributed by atoms with Gasteiger partial charge in [0.1, 0.15) is 0 Å². The molecule has 0 aromatic carbocycles. The van der Waals surface area contributed by atoms with Crippen molar-refractivity contribution in [3.05, 3.63) is 23.4 Å². The third-order valence-electron chi connectivity index (χ3n) is 4.83. The van der Waals surface area contributed by atoms with Crippen LogP contribution in [0, 0.1) is 0 Å². The molecule has 0 spiro atoms. The topological polar surface area (TPSA) is 74.5 Å². The second-order valence-corrected chi connectivity index (χ2v) is 7.71. The van der Waals surface area contributed by atoms with Crippen molar-refractivity contribution < 1.29 is 9.32 Å². The second-order valence-electron chi connectivity index (χ2n) is 6.76. The molecule has 134 valence electrons. The van der Waals surface area contributed by atoms with Gasteiger partial charge in [0.05, 0.1) is 17.5 Å². The molecular weight excluding hydrogens is 338 g/mol. The Labute approximate surface area is 151 Å². The summed E-state index contributed by atoms with van der Waals surface area (Å²) in [5.41, 5.74) is 0. The Balaban J connectivity index is 1.26. The van der Waals surface area contributed by atoms with E-state index in [1.54, 1.807) is 11.3 Å². The van der Waals surface area contributed by atoms with E-state index in [4.69, 9.17) is 4.52 Å². The molecule has 2 aromatic heterocycles. The van der Waals surface area contributed by atoms with Gasteiger partial charge in [-0.3, -0.25) is 14.6 Å². The number of amides is 1. The standard InChI is InChI=1S/C17H23N5O2S/c1-12(17(23)18-13-4-5-13)22-8-6-21(7-9-22)11-15-19-16(20-24-15)14-3-2-10-25-14/h2-3,10,12-13H,4-9,11H2,1H3,(H,18,23). The third kappa shape index (κ3) is 4.08. The normalized spacial score (nSPS) is 20.5. The van der Waals surface area contributed by atoms with Crippen molar-refractivity contribution in [2.45, 2.75) is 38.4 Å². The van der Waals surface area contributed by atoms with E-state index in [1.807, 2.05) is 24.4 Å². The molecule has 4 rings (SSSR count). The molecule has 1 atom stereocenters. The van der Waals surface area contributed by atoms with Crippen LogP contribution in [0.25, 0.3) is 10.7 Å². The first-order valence-electron chi connectivity index (χ1n) is 8.82. The Bertz CT molecular complexity index is 704. The van der Waals surface area contributed by atoms with Crippen LogP contribution in [0.1, 0.15) is 25.7 Å². The van der Waals surface area contributed by atoms with Crippen molar-refractivity contribution in [2.75, 3.05) is 26.2 Å². The van der Waals surface area contributed by atoms with Gasteiger partial charge in [0.2, 0.25) is 17.6 Å². The van der Waals surface area contributed by atoms with Crippen molar-refractivity contribution in [3.63, 3.8) is 0 Å². The maximum Gasteiger partial charge on any atom is 0.241 e. The molecule has 1 amide bonds. The van der Waals surface area contributed by atoms with E-state index in [9.17, 15) is 4.79 Å². The number of aromatic nitrogens is 2. The lowest BCUT2D eigenvalue weighted by molar-refractivity contribution is -0.126. The lowest BCUT2D eigenvalue weighted by Crippen LogP contribution is -2.53. The number of hydrogen-bond acceptors (Lipinski definition) is 7. The van der Waals surface area contributed by atoms with E-state index >= 15 is 0 Å². The number of thiophene rings is 1. The van der Waals surface area contributed by atoms with E-state index in [0.29, 0.717) is 24.3 Å². The Kier molecular flexibility index (Phi) is 4.82. The number of nitrogens with one attached hydrogen (secondary N) is 1. The predicted molar refractivity (Wildman–Crippen MR) is 95.1 cm³/mol. The minimum Gasteiger partial charge on any atom is -0.352 e. The van der Waals surface area contributed by atoms with Crippen LogP contribution < -0.4 is 5.32 Å². The van der Waals surface area contributed by atoms with Gasteiger partial charge >= 0.3 is 0 Å². The molecule has 1 aliphatic carbocycles. The first-order valence-corrected chi connectivity index (χ1v) is 9.70. The molecule has 2 fully saturated rings. The lowest BCUT2D eigenvalue weighted by atomic mass is 10.2. The first-order chi connectivity index (χ1) is 12.2. The summed E-state index contributed by atoms with van der Waals surface area (Å²) in [6.45, 7) is 6.22. The average molecular weight is 361 g/mol. The van der Waals surface area contributed by atoms with Gasteiger partial charge in [-0.15, -0.1) is 11.3 Å². The number of piperazine rings is 1. The molecule has 1 unspecified atom stereocenters.